The number of H-pyrrole nitrogens is 1. The molecule has 0 atom stereocenters. The fourth-order valence-corrected chi connectivity index (χ4v) is 3.41. The van der Waals surface area contributed by atoms with Crippen LogP contribution < -0.4 is 15.8 Å². The number of nitrogens with zero attached hydrogens (tertiary/aromatic N) is 3. The van der Waals surface area contributed by atoms with Gasteiger partial charge in [-0.2, -0.15) is 18.3 Å². The molecule has 3 heterocycles. The van der Waals surface area contributed by atoms with E-state index < -0.39 is 35.7 Å². The first-order valence-corrected chi connectivity index (χ1v) is 9.17. The highest BCUT2D eigenvalue weighted by Gasteiger charge is 2.31. The molecule has 0 saturated carbocycles. The molecule has 0 aliphatic carbocycles. The van der Waals surface area contributed by atoms with E-state index in [2.05, 4.69) is 15.4 Å². The number of aromatic amines is 1. The molecule has 8 nitrogen and oxygen atoms in total. The highest BCUT2D eigenvalue weighted by molar-refractivity contribution is 6.05. The summed E-state index contributed by atoms with van der Waals surface area (Å²) in [6.45, 7) is 1.04. The fraction of sp³-hybridized carbons (Fsp3) is 0.200. The number of aromatic nitrogens is 3. The first kappa shape index (κ1) is 20.4. The number of amides is 2. The number of nitrogens with one attached hydrogen (secondary N) is 2. The first-order valence-electron chi connectivity index (χ1n) is 9.17. The molecule has 0 bridgehead atoms. The maximum Gasteiger partial charge on any atom is 0.416 e. The molecule has 2 N–H and O–H groups in total. The second-order valence-electron chi connectivity index (χ2n) is 7.02. The van der Waals surface area contributed by atoms with Gasteiger partial charge in [0.1, 0.15) is 13.1 Å². The van der Waals surface area contributed by atoms with E-state index in [4.69, 9.17) is 0 Å². The van der Waals surface area contributed by atoms with Gasteiger partial charge in [-0.05, 0) is 43.3 Å². The molecule has 0 radical (unpaired) electrons. The summed E-state index contributed by atoms with van der Waals surface area (Å²) in [5, 5.41) is 6.54. The number of fused-ring (bicyclic) bond motifs is 3. The molecule has 31 heavy (non-hydrogen) atoms. The van der Waals surface area contributed by atoms with Crippen LogP contribution in [-0.2, 0) is 22.3 Å². The molecule has 2 aromatic heterocycles. The highest BCUT2D eigenvalue weighted by atomic mass is 19.4. The quantitative estimate of drug-likeness (QED) is 0.666. The molecule has 160 valence electrons. The summed E-state index contributed by atoms with van der Waals surface area (Å²) in [6, 6.07) is 7.14. The van der Waals surface area contributed by atoms with Crippen LogP contribution in [0.3, 0.4) is 0 Å². The van der Waals surface area contributed by atoms with E-state index in [1.165, 1.54) is 15.8 Å². The summed E-state index contributed by atoms with van der Waals surface area (Å²) >= 11 is 0. The molecule has 0 fully saturated rings. The van der Waals surface area contributed by atoms with E-state index in [0.29, 0.717) is 11.4 Å². The van der Waals surface area contributed by atoms with Crippen LogP contribution in [0, 0.1) is 6.92 Å². The van der Waals surface area contributed by atoms with Crippen LogP contribution in [0.4, 0.5) is 24.5 Å². The van der Waals surface area contributed by atoms with Gasteiger partial charge >= 0.3 is 6.18 Å². The Labute approximate surface area is 173 Å². The lowest BCUT2D eigenvalue weighted by Gasteiger charge is -2.22. The Hall–Kier alpha value is -3.89. The van der Waals surface area contributed by atoms with E-state index in [0.717, 1.165) is 24.3 Å². The predicted molar refractivity (Wildman–Crippen MR) is 105 cm³/mol. The number of anilines is 2. The third kappa shape index (κ3) is 3.93. The van der Waals surface area contributed by atoms with Gasteiger partial charge in [-0.15, -0.1) is 0 Å². The number of pyridine rings is 1. The van der Waals surface area contributed by atoms with Crippen molar-refractivity contribution in [3.05, 3.63) is 64.2 Å². The van der Waals surface area contributed by atoms with E-state index in [9.17, 15) is 27.6 Å². The van der Waals surface area contributed by atoms with Crippen LogP contribution in [-0.4, -0.2) is 33.1 Å². The zero-order valence-corrected chi connectivity index (χ0v) is 16.2. The van der Waals surface area contributed by atoms with Crippen molar-refractivity contribution in [3.63, 3.8) is 0 Å². The molecular formula is C20H16F3N5O3. The van der Waals surface area contributed by atoms with Crippen LogP contribution >= 0.6 is 0 Å². The Morgan fingerprint density at radius 3 is 2.58 bits per heavy atom. The number of benzene rings is 1. The predicted octanol–water partition coefficient (Wildman–Crippen LogP) is 2.55. The highest BCUT2D eigenvalue weighted by Crippen LogP contribution is 2.32. The van der Waals surface area contributed by atoms with Crippen LogP contribution in [0.2, 0.25) is 0 Å². The molecule has 1 aromatic carbocycles. The lowest BCUT2D eigenvalue weighted by Crippen LogP contribution is -2.39. The number of rotatable bonds is 3. The largest absolute Gasteiger partial charge is 0.416 e. The third-order valence-electron chi connectivity index (χ3n) is 4.79. The maximum atomic E-state index is 12.9. The van der Waals surface area contributed by atoms with Crippen molar-refractivity contribution in [2.75, 3.05) is 16.8 Å². The van der Waals surface area contributed by atoms with Gasteiger partial charge in [-0.3, -0.25) is 19.1 Å². The Balaban J connectivity index is 1.62. The molecule has 4 rings (SSSR count). The summed E-state index contributed by atoms with van der Waals surface area (Å²) in [5.41, 5.74) is 0.276. The fourth-order valence-electron chi connectivity index (χ4n) is 3.41. The van der Waals surface area contributed by atoms with Crippen molar-refractivity contribution in [3.8, 4) is 11.3 Å². The van der Waals surface area contributed by atoms with Gasteiger partial charge in [0.2, 0.25) is 11.8 Å². The van der Waals surface area contributed by atoms with Crippen molar-refractivity contribution in [2.24, 2.45) is 0 Å². The molecule has 0 saturated heterocycles. The monoisotopic (exact) mass is 431 g/mol. The van der Waals surface area contributed by atoms with E-state index in [1.807, 2.05) is 0 Å². The number of aryl methyl sites for hydroxylation is 1. The van der Waals surface area contributed by atoms with Crippen molar-refractivity contribution < 1.29 is 22.8 Å². The maximum absolute atomic E-state index is 12.9. The Kier molecular flexibility index (Phi) is 4.88. The summed E-state index contributed by atoms with van der Waals surface area (Å²) in [7, 11) is 0. The number of alkyl halides is 3. The van der Waals surface area contributed by atoms with Crippen LogP contribution in [0.1, 0.15) is 11.3 Å². The molecule has 0 spiro atoms. The lowest BCUT2D eigenvalue weighted by atomic mass is 10.1. The molecule has 11 heteroatoms. The average Bonchev–Trinajstić information content (AvgIpc) is 3.08. The minimum atomic E-state index is -4.49. The first-order chi connectivity index (χ1) is 14.6. The molecule has 1 aliphatic heterocycles. The smallest absolute Gasteiger partial charge is 0.326 e. The van der Waals surface area contributed by atoms with Crippen molar-refractivity contribution in [1.82, 2.24) is 14.8 Å². The second kappa shape index (κ2) is 7.42. The molecule has 3 aromatic rings. The van der Waals surface area contributed by atoms with Gasteiger partial charge in [-0.1, -0.05) is 0 Å². The van der Waals surface area contributed by atoms with E-state index in [1.54, 1.807) is 19.1 Å². The summed E-state index contributed by atoms with van der Waals surface area (Å²) < 4.78 is 39.5. The Bertz CT molecular complexity index is 1230. The van der Waals surface area contributed by atoms with Crippen molar-refractivity contribution in [1.29, 1.82) is 0 Å². The summed E-state index contributed by atoms with van der Waals surface area (Å²) in [6.07, 6.45) is -3.02. The van der Waals surface area contributed by atoms with Gasteiger partial charge in [0.15, 0.2) is 0 Å². The van der Waals surface area contributed by atoms with Crippen molar-refractivity contribution >= 4 is 23.2 Å². The molecular weight excluding hydrogens is 415 g/mol. The molecule has 1 aliphatic rings. The summed E-state index contributed by atoms with van der Waals surface area (Å²) in [4.78, 5) is 41.9. The second-order valence-corrected chi connectivity index (χ2v) is 7.02. The standard InChI is InChI=1S/C20H16F3N5O3/c1-11-8-15-18(19(31)25-11)14-6-7-24-28(14)10-17(30)27(15)9-16(29)26-13-4-2-12(3-5-13)20(21,22)23/h2-8H,9-10H2,1H3,(H,25,31)(H,26,29). The number of carbonyl (C=O) groups excluding carboxylic acids is 2. The normalized spacial score (nSPS) is 13.4. The van der Waals surface area contributed by atoms with Crippen LogP contribution in [0.5, 0.6) is 0 Å². The third-order valence-corrected chi connectivity index (χ3v) is 4.79. The van der Waals surface area contributed by atoms with Gasteiger partial charge < -0.3 is 15.2 Å². The Morgan fingerprint density at radius 1 is 1.19 bits per heavy atom. The number of carbonyl (C=O) groups is 2. The SMILES string of the molecule is Cc1cc2c(c(=O)[nH]1)-c1ccnn1CC(=O)N2CC(=O)Nc1ccc(C(F)(F)F)cc1. The number of hydrogen-bond acceptors (Lipinski definition) is 4. The summed E-state index contributed by atoms with van der Waals surface area (Å²) in [5.74, 6) is -1.09. The average molecular weight is 431 g/mol. The van der Waals surface area contributed by atoms with E-state index in [-0.39, 0.29) is 23.5 Å². The Morgan fingerprint density at radius 2 is 1.90 bits per heavy atom. The van der Waals surface area contributed by atoms with Gasteiger partial charge in [0.25, 0.3) is 5.56 Å². The number of hydrogen-bond donors (Lipinski definition) is 2. The van der Waals surface area contributed by atoms with E-state index >= 15 is 0 Å². The minimum absolute atomic E-state index is 0.149. The van der Waals surface area contributed by atoms with Crippen LogP contribution in [0.25, 0.3) is 11.3 Å². The minimum Gasteiger partial charge on any atom is -0.326 e. The lowest BCUT2D eigenvalue weighted by molar-refractivity contribution is -0.137. The zero-order valence-electron chi connectivity index (χ0n) is 16.2. The topological polar surface area (TPSA) is 100 Å². The molecule has 0 unspecified atom stereocenters. The van der Waals surface area contributed by atoms with Crippen molar-refractivity contribution in [2.45, 2.75) is 19.6 Å². The van der Waals surface area contributed by atoms with Gasteiger partial charge in [0, 0.05) is 17.6 Å². The zero-order chi connectivity index (χ0) is 22.3. The van der Waals surface area contributed by atoms with Gasteiger partial charge in [0.05, 0.1) is 22.5 Å². The number of halogens is 3. The van der Waals surface area contributed by atoms with Gasteiger partial charge in [-0.25, -0.2) is 0 Å². The van der Waals surface area contributed by atoms with Crippen LogP contribution in [0.15, 0.2) is 47.4 Å². The molecule has 2 amide bonds.